The van der Waals surface area contributed by atoms with E-state index in [-0.39, 0.29) is 0 Å². The van der Waals surface area contributed by atoms with Crippen molar-refractivity contribution in [1.82, 2.24) is 15.1 Å². The first-order valence-electron chi connectivity index (χ1n) is 3.75. The van der Waals surface area contributed by atoms with Crippen LogP contribution in [-0.4, -0.2) is 15.1 Å². The summed E-state index contributed by atoms with van der Waals surface area (Å²) < 4.78 is 4.39. The van der Waals surface area contributed by atoms with Crippen LogP contribution >= 0.6 is 0 Å². The average molecular weight is 177 g/mol. The smallest absolute Gasteiger partial charge is 0.296 e. The number of rotatable bonds is 1. The Balaban J connectivity index is 2.58. The Labute approximate surface area is 73.4 Å². The van der Waals surface area contributed by atoms with Gasteiger partial charge in [0.15, 0.2) is 5.82 Å². The number of pyridine rings is 1. The van der Waals surface area contributed by atoms with Gasteiger partial charge < -0.3 is 0 Å². The minimum Gasteiger partial charge on any atom is -0.296 e. The molecule has 5 nitrogen and oxygen atoms in total. The van der Waals surface area contributed by atoms with Crippen LogP contribution in [0.1, 0.15) is 5.69 Å². The molecule has 0 spiro atoms. The molecule has 0 aliphatic carbocycles. The van der Waals surface area contributed by atoms with Gasteiger partial charge in [0.1, 0.15) is 0 Å². The third-order valence-corrected chi connectivity index (χ3v) is 1.70. The standard InChI is InChI=1S/C8H7N3O2/c1-5-6(3-2-4-9-5)7-10-8(12)13-11-7/h2-4H,1H3,(H,10,11,12). The molecule has 0 saturated carbocycles. The van der Waals surface area contributed by atoms with Crippen LogP contribution in [0.5, 0.6) is 0 Å². The van der Waals surface area contributed by atoms with Crippen LogP contribution < -0.4 is 5.76 Å². The predicted molar refractivity (Wildman–Crippen MR) is 45.1 cm³/mol. The van der Waals surface area contributed by atoms with Crippen molar-refractivity contribution < 1.29 is 4.52 Å². The van der Waals surface area contributed by atoms with Gasteiger partial charge in [0.2, 0.25) is 0 Å². The number of nitrogens with zero attached hydrogens (tertiary/aromatic N) is 2. The molecule has 0 aromatic carbocycles. The fourth-order valence-corrected chi connectivity index (χ4v) is 1.08. The summed E-state index contributed by atoms with van der Waals surface area (Å²) in [4.78, 5) is 17.2. The molecule has 0 amide bonds. The lowest BCUT2D eigenvalue weighted by Gasteiger charge is -1.97. The largest absolute Gasteiger partial charge is 0.439 e. The van der Waals surface area contributed by atoms with Crippen molar-refractivity contribution in [1.29, 1.82) is 0 Å². The van der Waals surface area contributed by atoms with Crippen LogP contribution in [0.25, 0.3) is 11.4 Å². The fraction of sp³-hybridized carbons (Fsp3) is 0.125. The monoisotopic (exact) mass is 177 g/mol. The van der Waals surface area contributed by atoms with Crippen LogP contribution in [-0.2, 0) is 0 Å². The molecule has 2 heterocycles. The predicted octanol–water partition coefficient (Wildman–Crippen LogP) is 0.733. The highest BCUT2D eigenvalue weighted by Gasteiger charge is 2.06. The Hall–Kier alpha value is -1.91. The Kier molecular flexibility index (Phi) is 1.70. The number of hydrogen-bond donors (Lipinski definition) is 1. The van der Waals surface area contributed by atoms with Crippen molar-refractivity contribution in [2.24, 2.45) is 0 Å². The third kappa shape index (κ3) is 1.35. The molecule has 0 unspecified atom stereocenters. The minimum atomic E-state index is -0.557. The van der Waals surface area contributed by atoms with Crippen LogP contribution in [0.15, 0.2) is 27.6 Å². The SMILES string of the molecule is Cc1ncccc1-c1noc(=O)[nH]1. The summed E-state index contributed by atoms with van der Waals surface area (Å²) in [5.74, 6) is -0.145. The molecular weight excluding hydrogens is 170 g/mol. The lowest BCUT2D eigenvalue weighted by atomic mass is 10.2. The maximum absolute atomic E-state index is 10.7. The topological polar surface area (TPSA) is 71.8 Å². The van der Waals surface area contributed by atoms with Gasteiger partial charge in [-0.3, -0.25) is 14.5 Å². The van der Waals surface area contributed by atoms with E-state index in [9.17, 15) is 4.79 Å². The zero-order valence-electron chi connectivity index (χ0n) is 6.94. The summed E-state index contributed by atoms with van der Waals surface area (Å²) in [6, 6.07) is 3.59. The summed E-state index contributed by atoms with van der Waals surface area (Å²) in [5.41, 5.74) is 1.57. The highest BCUT2D eigenvalue weighted by Crippen LogP contribution is 2.14. The number of aromatic nitrogens is 3. The van der Waals surface area contributed by atoms with E-state index in [1.807, 2.05) is 13.0 Å². The second-order valence-corrected chi connectivity index (χ2v) is 2.58. The van der Waals surface area contributed by atoms with Gasteiger partial charge in [0.05, 0.1) is 0 Å². The Morgan fingerprint density at radius 2 is 2.38 bits per heavy atom. The van der Waals surface area contributed by atoms with Crippen LogP contribution in [0.2, 0.25) is 0 Å². The van der Waals surface area contributed by atoms with Gasteiger partial charge in [-0.1, -0.05) is 5.16 Å². The van der Waals surface area contributed by atoms with E-state index in [0.717, 1.165) is 11.3 Å². The van der Waals surface area contributed by atoms with Gasteiger partial charge in [-0.25, -0.2) is 4.79 Å². The number of hydrogen-bond acceptors (Lipinski definition) is 4. The Morgan fingerprint density at radius 1 is 1.54 bits per heavy atom. The van der Waals surface area contributed by atoms with Gasteiger partial charge in [0, 0.05) is 17.5 Å². The fourth-order valence-electron chi connectivity index (χ4n) is 1.08. The van der Waals surface area contributed by atoms with Gasteiger partial charge in [0.25, 0.3) is 0 Å². The van der Waals surface area contributed by atoms with Crippen molar-refractivity contribution in [2.45, 2.75) is 6.92 Å². The average Bonchev–Trinajstić information content (AvgIpc) is 2.53. The molecule has 0 aliphatic rings. The quantitative estimate of drug-likeness (QED) is 0.697. The molecule has 2 rings (SSSR count). The molecule has 5 heteroatoms. The minimum absolute atomic E-state index is 0.413. The van der Waals surface area contributed by atoms with E-state index in [2.05, 4.69) is 19.6 Å². The molecule has 0 saturated heterocycles. The second kappa shape index (κ2) is 2.85. The summed E-state index contributed by atoms with van der Waals surface area (Å²) in [5, 5.41) is 3.56. The first-order chi connectivity index (χ1) is 6.27. The van der Waals surface area contributed by atoms with Crippen molar-refractivity contribution in [3.8, 4) is 11.4 Å². The molecular formula is C8H7N3O2. The zero-order chi connectivity index (χ0) is 9.26. The highest BCUT2D eigenvalue weighted by atomic mass is 16.5. The van der Waals surface area contributed by atoms with E-state index in [1.165, 1.54) is 0 Å². The van der Waals surface area contributed by atoms with Crippen LogP contribution in [0.3, 0.4) is 0 Å². The molecule has 0 radical (unpaired) electrons. The molecule has 66 valence electrons. The Morgan fingerprint density at radius 3 is 3.00 bits per heavy atom. The Bertz CT molecular complexity index is 472. The lowest BCUT2D eigenvalue weighted by molar-refractivity contribution is 0.388. The lowest BCUT2D eigenvalue weighted by Crippen LogP contribution is -1.95. The summed E-state index contributed by atoms with van der Waals surface area (Å²) in [6.45, 7) is 1.84. The maximum Gasteiger partial charge on any atom is 0.439 e. The summed E-state index contributed by atoms with van der Waals surface area (Å²) in [6.07, 6.45) is 1.68. The number of aryl methyl sites for hydroxylation is 1. The first kappa shape index (κ1) is 7.72. The molecule has 1 N–H and O–H groups in total. The van der Waals surface area contributed by atoms with Crippen molar-refractivity contribution in [3.63, 3.8) is 0 Å². The van der Waals surface area contributed by atoms with Gasteiger partial charge in [-0.05, 0) is 19.1 Å². The van der Waals surface area contributed by atoms with E-state index in [4.69, 9.17) is 0 Å². The van der Waals surface area contributed by atoms with Gasteiger partial charge >= 0.3 is 5.76 Å². The number of H-pyrrole nitrogens is 1. The van der Waals surface area contributed by atoms with E-state index < -0.39 is 5.76 Å². The molecule has 0 bridgehead atoms. The maximum atomic E-state index is 10.7. The van der Waals surface area contributed by atoms with E-state index in [0.29, 0.717) is 5.82 Å². The van der Waals surface area contributed by atoms with Crippen molar-refractivity contribution >= 4 is 0 Å². The normalized spacial score (nSPS) is 10.2. The molecule has 2 aromatic heterocycles. The summed E-state index contributed by atoms with van der Waals surface area (Å²) >= 11 is 0. The number of nitrogens with one attached hydrogen (secondary N) is 1. The van der Waals surface area contributed by atoms with E-state index in [1.54, 1.807) is 12.3 Å². The molecule has 2 aromatic rings. The van der Waals surface area contributed by atoms with Gasteiger partial charge in [-0.15, -0.1) is 0 Å². The van der Waals surface area contributed by atoms with Crippen LogP contribution in [0, 0.1) is 6.92 Å². The molecule has 0 fully saturated rings. The summed E-state index contributed by atoms with van der Waals surface area (Å²) in [7, 11) is 0. The van der Waals surface area contributed by atoms with Crippen molar-refractivity contribution in [2.75, 3.05) is 0 Å². The third-order valence-electron chi connectivity index (χ3n) is 1.70. The van der Waals surface area contributed by atoms with Crippen molar-refractivity contribution in [3.05, 3.63) is 34.6 Å². The molecule has 0 atom stereocenters. The van der Waals surface area contributed by atoms with Gasteiger partial charge in [-0.2, -0.15) is 0 Å². The van der Waals surface area contributed by atoms with Crippen LogP contribution in [0.4, 0.5) is 0 Å². The second-order valence-electron chi connectivity index (χ2n) is 2.58. The highest BCUT2D eigenvalue weighted by molar-refractivity contribution is 5.56. The van der Waals surface area contributed by atoms with E-state index >= 15 is 0 Å². The molecule has 0 aliphatic heterocycles. The zero-order valence-corrected chi connectivity index (χ0v) is 6.94. The number of aromatic amines is 1. The first-order valence-corrected chi connectivity index (χ1v) is 3.75. The molecule has 13 heavy (non-hydrogen) atoms.